The number of fused-ring (bicyclic) bond motifs is 3. The van der Waals surface area contributed by atoms with Gasteiger partial charge in [-0.2, -0.15) is 0 Å². The first-order chi connectivity index (χ1) is 12.2. The first kappa shape index (κ1) is 16.3. The molecule has 6 heteroatoms. The first-order valence-corrected chi connectivity index (χ1v) is 8.80. The molecule has 4 nitrogen and oxygen atoms in total. The van der Waals surface area contributed by atoms with Gasteiger partial charge in [0.1, 0.15) is 5.82 Å². The second-order valence-electron chi connectivity index (χ2n) is 5.82. The summed E-state index contributed by atoms with van der Waals surface area (Å²) in [6.45, 7) is 0.999. The lowest BCUT2D eigenvalue weighted by atomic mass is 10.00. The van der Waals surface area contributed by atoms with Crippen LogP contribution in [0.15, 0.2) is 53.7 Å². The van der Waals surface area contributed by atoms with Crippen LogP contribution in [0.25, 0.3) is 5.69 Å². The molecule has 1 aliphatic rings. The highest BCUT2D eigenvalue weighted by Crippen LogP contribution is 2.33. The standard InChI is InChI=1S/C19H16Cl2N4/c20-15-6-2-1-4-13(15)18-14-5-3-7-16(21)19(14)25-12(8-9-22)10-23-17(25)11-24-18/h1-7,10H,8-9,11,22H2. The van der Waals surface area contributed by atoms with Gasteiger partial charge in [-0.1, -0.05) is 53.5 Å². The minimum absolute atomic E-state index is 0.455. The van der Waals surface area contributed by atoms with Gasteiger partial charge in [-0.25, -0.2) is 4.98 Å². The molecule has 2 heterocycles. The van der Waals surface area contributed by atoms with Crippen LogP contribution in [0.3, 0.4) is 0 Å². The van der Waals surface area contributed by atoms with E-state index in [2.05, 4.69) is 9.55 Å². The summed E-state index contributed by atoms with van der Waals surface area (Å²) >= 11 is 13.0. The van der Waals surface area contributed by atoms with Crippen molar-refractivity contribution in [1.82, 2.24) is 9.55 Å². The highest BCUT2D eigenvalue weighted by molar-refractivity contribution is 6.37. The van der Waals surface area contributed by atoms with Crippen LogP contribution in [0.2, 0.25) is 10.0 Å². The van der Waals surface area contributed by atoms with E-state index in [9.17, 15) is 0 Å². The first-order valence-electron chi connectivity index (χ1n) is 8.05. The molecule has 0 fully saturated rings. The number of hydrogen-bond acceptors (Lipinski definition) is 3. The molecule has 2 N–H and O–H groups in total. The van der Waals surface area contributed by atoms with E-state index in [1.165, 1.54) is 0 Å². The molecular formula is C19H16Cl2N4. The zero-order chi connectivity index (χ0) is 17.4. The molecular weight excluding hydrogens is 355 g/mol. The van der Waals surface area contributed by atoms with Crippen molar-refractivity contribution in [3.63, 3.8) is 0 Å². The van der Waals surface area contributed by atoms with E-state index in [1.807, 2.05) is 48.7 Å². The molecule has 0 atom stereocenters. The van der Waals surface area contributed by atoms with Crippen molar-refractivity contribution in [3.8, 4) is 5.69 Å². The number of rotatable bonds is 3. The summed E-state index contributed by atoms with van der Waals surface area (Å²) in [7, 11) is 0. The Hall–Kier alpha value is -2.14. The monoisotopic (exact) mass is 370 g/mol. The number of para-hydroxylation sites is 1. The Balaban J connectivity index is 2.00. The van der Waals surface area contributed by atoms with E-state index in [4.69, 9.17) is 33.9 Å². The molecule has 3 aromatic rings. The normalized spacial score (nSPS) is 13.0. The largest absolute Gasteiger partial charge is 0.330 e. The maximum absolute atomic E-state index is 6.60. The van der Waals surface area contributed by atoms with Crippen molar-refractivity contribution in [3.05, 3.63) is 81.4 Å². The molecule has 2 aromatic carbocycles. The summed E-state index contributed by atoms with van der Waals surface area (Å²) in [5.74, 6) is 0.847. The lowest BCUT2D eigenvalue weighted by molar-refractivity contribution is 0.820. The fourth-order valence-corrected chi connectivity index (χ4v) is 3.68. The fraction of sp³-hybridized carbons (Fsp3) is 0.158. The molecule has 1 aliphatic heterocycles. The van der Waals surface area contributed by atoms with Crippen molar-refractivity contribution < 1.29 is 0 Å². The van der Waals surface area contributed by atoms with Crippen LogP contribution in [0.5, 0.6) is 0 Å². The molecule has 0 saturated heterocycles. The van der Waals surface area contributed by atoms with Crippen LogP contribution < -0.4 is 5.73 Å². The maximum Gasteiger partial charge on any atom is 0.135 e. The molecule has 25 heavy (non-hydrogen) atoms. The minimum Gasteiger partial charge on any atom is -0.330 e. The molecule has 4 rings (SSSR count). The third-order valence-corrected chi connectivity index (χ3v) is 4.92. The van der Waals surface area contributed by atoms with Crippen LogP contribution in [0.1, 0.15) is 22.6 Å². The predicted molar refractivity (Wildman–Crippen MR) is 102 cm³/mol. The van der Waals surface area contributed by atoms with Gasteiger partial charge in [-0.3, -0.25) is 9.56 Å². The number of aliphatic imine (C=N–C) groups is 1. The van der Waals surface area contributed by atoms with Crippen molar-refractivity contribution in [2.75, 3.05) is 6.54 Å². The van der Waals surface area contributed by atoms with Gasteiger partial charge in [0.05, 0.1) is 23.0 Å². The Morgan fingerprint density at radius 1 is 1.00 bits per heavy atom. The van der Waals surface area contributed by atoms with Gasteiger partial charge in [0.25, 0.3) is 0 Å². The highest BCUT2D eigenvalue weighted by Gasteiger charge is 2.24. The SMILES string of the molecule is NCCc1cnc2n1-c1c(Cl)cccc1C(c1ccccc1Cl)=NC2. The van der Waals surface area contributed by atoms with E-state index in [0.717, 1.165) is 40.5 Å². The summed E-state index contributed by atoms with van der Waals surface area (Å²) < 4.78 is 2.08. The zero-order valence-corrected chi connectivity index (χ0v) is 14.9. The molecule has 0 saturated carbocycles. The number of halogens is 2. The van der Waals surface area contributed by atoms with Gasteiger partial charge in [-0.15, -0.1) is 0 Å². The third kappa shape index (κ3) is 2.76. The average Bonchev–Trinajstić information content (AvgIpc) is 2.91. The van der Waals surface area contributed by atoms with Gasteiger partial charge in [-0.05, 0) is 18.7 Å². The molecule has 0 amide bonds. The van der Waals surface area contributed by atoms with Gasteiger partial charge >= 0.3 is 0 Å². The lowest BCUT2D eigenvalue weighted by Gasteiger charge is -2.16. The van der Waals surface area contributed by atoms with Crippen molar-refractivity contribution in [2.24, 2.45) is 10.7 Å². The summed E-state index contributed by atoms with van der Waals surface area (Å²) in [6.07, 6.45) is 2.57. The Kier molecular flexibility index (Phi) is 4.34. The number of benzene rings is 2. The topological polar surface area (TPSA) is 56.2 Å². The Morgan fingerprint density at radius 2 is 1.76 bits per heavy atom. The van der Waals surface area contributed by atoms with Crippen LogP contribution in [-0.2, 0) is 13.0 Å². The van der Waals surface area contributed by atoms with Crippen LogP contribution in [0, 0.1) is 0 Å². The lowest BCUT2D eigenvalue weighted by Crippen LogP contribution is -2.12. The molecule has 126 valence electrons. The number of aromatic nitrogens is 2. The second kappa shape index (κ2) is 6.64. The molecule has 0 aliphatic carbocycles. The molecule has 0 radical (unpaired) electrons. The minimum atomic E-state index is 0.455. The fourth-order valence-electron chi connectivity index (χ4n) is 3.19. The van der Waals surface area contributed by atoms with E-state index in [-0.39, 0.29) is 0 Å². The van der Waals surface area contributed by atoms with Crippen molar-refractivity contribution in [1.29, 1.82) is 0 Å². The van der Waals surface area contributed by atoms with Crippen LogP contribution >= 0.6 is 23.2 Å². The Bertz CT molecular complexity index is 975. The van der Waals surface area contributed by atoms with Gasteiger partial charge in [0, 0.05) is 34.5 Å². The Morgan fingerprint density at radius 3 is 2.56 bits per heavy atom. The Labute approximate surface area is 155 Å². The van der Waals surface area contributed by atoms with E-state index in [1.54, 1.807) is 0 Å². The van der Waals surface area contributed by atoms with Gasteiger partial charge in [0.15, 0.2) is 0 Å². The number of nitrogens with two attached hydrogens (primary N) is 1. The van der Waals surface area contributed by atoms with E-state index >= 15 is 0 Å². The van der Waals surface area contributed by atoms with E-state index < -0.39 is 0 Å². The average molecular weight is 371 g/mol. The van der Waals surface area contributed by atoms with Gasteiger partial charge in [0.2, 0.25) is 0 Å². The summed E-state index contributed by atoms with van der Waals surface area (Å²) in [6, 6.07) is 13.5. The molecule has 0 bridgehead atoms. The van der Waals surface area contributed by atoms with Crippen molar-refractivity contribution in [2.45, 2.75) is 13.0 Å². The van der Waals surface area contributed by atoms with Gasteiger partial charge < -0.3 is 5.73 Å². The summed E-state index contributed by atoms with van der Waals surface area (Å²) in [5, 5.41) is 1.31. The smallest absolute Gasteiger partial charge is 0.135 e. The summed E-state index contributed by atoms with van der Waals surface area (Å²) in [5.41, 5.74) is 10.3. The van der Waals surface area contributed by atoms with E-state index in [0.29, 0.717) is 23.1 Å². The van der Waals surface area contributed by atoms with Crippen LogP contribution in [-0.4, -0.2) is 21.8 Å². The second-order valence-corrected chi connectivity index (χ2v) is 6.63. The predicted octanol–water partition coefficient (Wildman–Crippen LogP) is 4.03. The number of imidazole rings is 1. The van der Waals surface area contributed by atoms with Crippen molar-refractivity contribution >= 4 is 28.9 Å². The summed E-state index contributed by atoms with van der Waals surface area (Å²) in [4.78, 5) is 9.35. The third-order valence-electron chi connectivity index (χ3n) is 4.28. The quantitative estimate of drug-likeness (QED) is 0.756. The molecule has 0 unspecified atom stereocenters. The number of hydrogen-bond donors (Lipinski definition) is 1. The zero-order valence-electron chi connectivity index (χ0n) is 13.4. The molecule has 1 aromatic heterocycles. The number of nitrogens with zero attached hydrogens (tertiary/aromatic N) is 3. The molecule has 0 spiro atoms. The highest BCUT2D eigenvalue weighted by atomic mass is 35.5. The van der Waals surface area contributed by atoms with Crippen LogP contribution in [0.4, 0.5) is 0 Å². The maximum atomic E-state index is 6.60.